The van der Waals surface area contributed by atoms with Crippen molar-refractivity contribution in [2.45, 2.75) is 82.7 Å². The molecular formula is C23H41N3O6. The normalized spacial score (nSPS) is 20.8. The summed E-state index contributed by atoms with van der Waals surface area (Å²) in [4.78, 5) is 36.0. The van der Waals surface area contributed by atoms with Crippen LogP contribution in [0.2, 0.25) is 0 Å². The molecule has 3 fully saturated rings. The van der Waals surface area contributed by atoms with Gasteiger partial charge in [0.2, 0.25) is 5.91 Å². The minimum absolute atomic E-state index is 0.357. The van der Waals surface area contributed by atoms with Gasteiger partial charge in [0.15, 0.2) is 0 Å². The van der Waals surface area contributed by atoms with Gasteiger partial charge in [-0.15, -0.1) is 0 Å². The lowest BCUT2D eigenvalue weighted by Gasteiger charge is -2.42. The molecular weight excluding hydrogens is 414 g/mol. The van der Waals surface area contributed by atoms with Crippen molar-refractivity contribution < 1.29 is 29.3 Å². The molecule has 3 aliphatic rings. The molecule has 0 atom stereocenters. The van der Waals surface area contributed by atoms with Gasteiger partial charge in [-0.05, 0) is 45.2 Å². The van der Waals surface area contributed by atoms with Crippen molar-refractivity contribution in [1.82, 2.24) is 15.1 Å². The smallest absolute Gasteiger partial charge is 0.414 e. The molecule has 0 unspecified atom stereocenters. The van der Waals surface area contributed by atoms with E-state index in [1.165, 1.54) is 64.2 Å². The topological polar surface area (TPSA) is 119 Å². The molecule has 1 amide bonds. The monoisotopic (exact) mass is 455 g/mol. The standard InChI is InChI=1S/C21H39N3O2.C2H2O4/c25-21(18-22-12-7-13-23-14-16-26-17-15-23)24(19-8-3-1-4-9-19)20-10-5-2-6-11-20;3-1(4)2(5)6/h19-20,22H,1-18H2;(H,3,4)(H,5,6). The van der Waals surface area contributed by atoms with Gasteiger partial charge in [-0.1, -0.05) is 38.5 Å². The van der Waals surface area contributed by atoms with Crippen molar-refractivity contribution in [3.63, 3.8) is 0 Å². The minimum atomic E-state index is -1.82. The number of carboxylic acids is 2. The van der Waals surface area contributed by atoms with Crippen LogP contribution in [0.5, 0.6) is 0 Å². The summed E-state index contributed by atoms with van der Waals surface area (Å²) in [7, 11) is 0. The molecule has 2 saturated carbocycles. The van der Waals surface area contributed by atoms with E-state index < -0.39 is 11.9 Å². The van der Waals surface area contributed by atoms with E-state index in [-0.39, 0.29) is 0 Å². The fourth-order valence-corrected chi connectivity index (χ4v) is 4.96. The zero-order valence-corrected chi connectivity index (χ0v) is 19.3. The number of aliphatic carboxylic acids is 2. The Balaban J connectivity index is 0.000000534. The lowest BCUT2D eigenvalue weighted by Crippen LogP contribution is -2.51. The molecule has 1 saturated heterocycles. The summed E-state index contributed by atoms with van der Waals surface area (Å²) in [5, 5.41) is 18.2. The maximum absolute atomic E-state index is 13.0. The van der Waals surface area contributed by atoms with Crippen LogP contribution in [0, 0.1) is 0 Å². The fourth-order valence-electron chi connectivity index (χ4n) is 4.96. The Hall–Kier alpha value is -1.71. The second-order valence-electron chi connectivity index (χ2n) is 8.98. The van der Waals surface area contributed by atoms with Crippen LogP contribution in [0.4, 0.5) is 0 Å². The van der Waals surface area contributed by atoms with Gasteiger partial charge in [-0.25, -0.2) is 9.59 Å². The van der Waals surface area contributed by atoms with Gasteiger partial charge in [0, 0.05) is 25.2 Å². The Morgan fingerprint density at radius 2 is 1.34 bits per heavy atom. The predicted octanol–water partition coefficient (Wildman–Crippen LogP) is 1.95. The minimum Gasteiger partial charge on any atom is -0.473 e. The molecule has 3 N–H and O–H groups in total. The first-order valence-corrected chi connectivity index (χ1v) is 12.3. The number of hydrogen-bond acceptors (Lipinski definition) is 6. The average molecular weight is 456 g/mol. The second-order valence-corrected chi connectivity index (χ2v) is 8.98. The molecule has 0 bridgehead atoms. The highest BCUT2D eigenvalue weighted by Crippen LogP contribution is 2.30. The maximum Gasteiger partial charge on any atom is 0.414 e. The molecule has 0 spiro atoms. The summed E-state index contributed by atoms with van der Waals surface area (Å²) < 4.78 is 5.39. The fraction of sp³-hybridized carbons (Fsp3) is 0.870. The Morgan fingerprint density at radius 3 is 1.81 bits per heavy atom. The van der Waals surface area contributed by atoms with Gasteiger partial charge in [0.05, 0.1) is 19.8 Å². The molecule has 0 aromatic rings. The van der Waals surface area contributed by atoms with Crippen LogP contribution in [-0.4, -0.2) is 95.9 Å². The van der Waals surface area contributed by atoms with Gasteiger partial charge >= 0.3 is 11.9 Å². The zero-order valence-electron chi connectivity index (χ0n) is 19.3. The van der Waals surface area contributed by atoms with E-state index >= 15 is 0 Å². The first kappa shape index (κ1) is 26.5. The van der Waals surface area contributed by atoms with Crippen molar-refractivity contribution in [3.05, 3.63) is 0 Å². The maximum atomic E-state index is 13.0. The van der Waals surface area contributed by atoms with E-state index in [9.17, 15) is 4.79 Å². The summed E-state index contributed by atoms with van der Waals surface area (Å²) in [5.41, 5.74) is 0. The number of morpholine rings is 1. The Labute approximate surface area is 191 Å². The third-order valence-corrected chi connectivity index (χ3v) is 6.61. The summed E-state index contributed by atoms with van der Waals surface area (Å²) in [5.74, 6) is -3.29. The molecule has 1 heterocycles. The van der Waals surface area contributed by atoms with Crippen LogP contribution in [0.1, 0.15) is 70.6 Å². The molecule has 0 radical (unpaired) electrons. The van der Waals surface area contributed by atoms with Gasteiger partial charge < -0.3 is 25.2 Å². The first-order chi connectivity index (χ1) is 15.5. The molecule has 9 heteroatoms. The van der Waals surface area contributed by atoms with Crippen LogP contribution < -0.4 is 5.32 Å². The van der Waals surface area contributed by atoms with Crippen molar-refractivity contribution >= 4 is 17.8 Å². The van der Waals surface area contributed by atoms with E-state index in [0.717, 1.165) is 45.8 Å². The van der Waals surface area contributed by atoms with E-state index in [1.807, 2.05) is 0 Å². The third-order valence-electron chi connectivity index (χ3n) is 6.61. The highest BCUT2D eigenvalue weighted by Gasteiger charge is 2.31. The van der Waals surface area contributed by atoms with Gasteiger partial charge in [0.25, 0.3) is 0 Å². The summed E-state index contributed by atoms with van der Waals surface area (Å²) in [6.45, 7) is 6.40. The number of carboxylic acid groups (broad SMARTS) is 2. The Kier molecular flexibility index (Phi) is 12.6. The van der Waals surface area contributed by atoms with Crippen molar-refractivity contribution in [1.29, 1.82) is 0 Å². The first-order valence-electron chi connectivity index (χ1n) is 12.3. The molecule has 184 valence electrons. The number of hydrogen-bond donors (Lipinski definition) is 3. The van der Waals surface area contributed by atoms with Gasteiger partial charge in [0.1, 0.15) is 0 Å². The lowest BCUT2D eigenvalue weighted by atomic mass is 9.88. The molecule has 32 heavy (non-hydrogen) atoms. The highest BCUT2D eigenvalue weighted by molar-refractivity contribution is 6.27. The van der Waals surface area contributed by atoms with Crippen molar-refractivity contribution in [2.75, 3.05) is 45.9 Å². The molecule has 3 rings (SSSR count). The van der Waals surface area contributed by atoms with Crippen LogP contribution in [0.3, 0.4) is 0 Å². The van der Waals surface area contributed by atoms with E-state index in [2.05, 4.69) is 15.1 Å². The van der Waals surface area contributed by atoms with E-state index in [1.54, 1.807) is 0 Å². The van der Waals surface area contributed by atoms with Crippen LogP contribution in [-0.2, 0) is 19.1 Å². The quantitative estimate of drug-likeness (QED) is 0.375. The molecule has 9 nitrogen and oxygen atoms in total. The van der Waals surface area contributed by atoms with Crippen LogP contribution in [0.25, 0.3) is 0 Å². The zero-order chi connectivity index (χ0) is 23.2. The molecule has 0 aromatic carbocycles. The summed E-state index contributed by atoms with van der Waals surface area (Å²) in [6.07, 6.45) is 13.9. The van der Waals surface area contributed by atoms with E-state index in [4.69, 9.17) is 24.5 Å². The highest BCUT2D eigenvalue weighted by atomic mass is 16.5. The van der Waals surface area contributed by atoms with Crippen LogP contribution >= 0.6 is 0 Å². The molecule has 1 aliphatic heterocycles. The molecule has 0 aromatic heterocycles. The Bertz CT molecular complexity index is 540. The average Bonchev–Trinajstić information content (AvgIpc) is 2.81. The number of rotatable bonds is 8. The number of carbonyl (C=O) groups excluding carboxylic acids is 1. The molecule has 2 aliphatic carbocycles. The number of amides is 1. The van der Waals surface area contributed by atoms with E-state index in [0.29, 0.717) is 24.5 Å². The predicted molar refractivity (Wildman–Crippen MR) is 121 cm³/mol. The largest absolute Gasteiger partial charge is 0.473 e. The lowest BCUT2D eigenvalue weighted by molar-refractivity contribution is -0.159. The number of ether oxygens (including phenoxy) is 1. The SMILES string of the molecule is O=C(CNCCCN1CCOCC1)N(C1CCCCC1)C1CCCCC1.O=C(O)C(=O)O. The number of carbonyl (C=O) groups is 3. The van der Waals surface area contributed by atoms with Crippen molar-refractivity contribution in [2.24, 2.45) is 0 Å². The van der Waals surface area contributed by atoms with Gasteiger partial charge in [-0.3, -0.25) is 9.69 Å². The van der Waals surface area contributed by atoms with Crippen LogP contribution in [0.15, 0.2) is 0 Å². The second kappa shape index (κ2) is 15.2. The number of nitrogens with zero attached hydrogens (tertiary/aromatic N) is 2. The van der Waals surface area contributed by atoms with Crippen molar-refractivity contribution in [3.8, 4) is 0 Å². The van der Waals surface area contributed by atoms with Gasteiger partial charge in [-0.2, -0.15) is 0 Å². The summed E-state index contributed by atoms with van der Waals surface area (Å²) in [6, 6.07) is 1.02. The third kappa shape index (κ3) is 9.83. The number of nitrogens with one attached hydrogen (secondary N) is 1. The Morgan fingerprint density at radius 1 is 0.844 bits per heavy atom. The summed E-state index contributed by atoms with van der Waals surface area (Å²) >= 11 is 0.